The van der Waals surface area contributed by atoms with Crippen molar-refractivity contribution in [2.75, 3.05) is 6.54 Å². The van der Waals surface area contributed by atoms with Gasteiger partial charge in [-0.15, -0.1) is 0 Å². The van der Waals surface area contributed by atoms with Crippen LogP contribution in [0.25, 0.3) is 0 Å². The van der Waals surface area contributed by atoms with Gasteiger partial charge in [0.05, 0.1) is 0 Å². The van der Waals surface area contributed by atoms with Crippen LogP contribution >= 0.6 is 0 Å². The van der Waals surface area contributed by atoms with Gasteiger partial charge in [0.2, 0.25) is 5.89 Å². The van der Waals surface area contributed by atoms with E-state index in [0.29, 0.717) is 24.2 Å². The van der Waals surface area contributed by atoms with Crippen molar-refractivity contribution in [3.05, 3.63) is 41.8 Å². The molecule has 0 aromatic carbocycles. The zero-order valence-corrected chi connectivity index (χ0v) is 10.8. The molecule has 1 unspecified atom stereocenters. The first kappa shape index (κ1) is 12.7. The summed E-state index contributed by atoms with van der Waals surface area (Å²) in [5, 5.41) is 7.30. The molecule has 0 amide bonds. The molecular weight excluding hydrogens is 228 g/mol. The summed E-state index contributed by atoms with van der Waals surface area (Å²) in [6, 6.07) is 4.26. The standard InChI is InChI=1S/C13H18N4O/c1-3-15-10(2)7-13-16-12(17-18-13)8-11-5-4-6-14-9-11/h4-6,9-10,15H,3,7-8H2,1-2H3. The lowest BCUT2D eigenvalue weighted by atomic mass is 10.2. The summed E-state index contributed by atoms with van der Waals surface area (Å²) in [5.74, 6) is 1.39. The van der Waals surface area contributed by atoms with Gasteiger partial charge >= 0.3 is 0 Å². The van der Waals surface area contributed by atoms with Crippen molar-refractivity contribution in [2.45, 2.75) is 32.7 Å². The zero-order chi connectivity index (χ0) is 12.8. The highest BCUT2D eigenvalue weighted by atomic mass is 16.5. The van der Waals surface area contributed by atoms with Crippen LogP contribution in [-0.4, -0.2) is 27.7 Å². The summed E-state index contributed by atoms with van der Waals surface area (Å²) in [4.78, 5) is 8.45. The topological polar surface area (TPSA) is 63.8 Å². The Morgan fingerprint density at radius 2 is 2.33 bits per heavy atom. The molecule has 5 nitrogen and oxygen atoms in total. The Labute approximate surface area is 107 Å². The number of nitrogens with one attached hydrogen (secondary N) is 1. The van der Waals surface area contributed by atoms with Crippen molar-refractivity contribution in [2.24, 2.45) is 0 Å². The zero-order valence-electron chi connectivity index (χ0n) is 10.8. The number of nitrogens with zero attached hydrogens (tertiary/aromatic N) is 3. The second kappa shape index (κ2) is 6.26. The minimum atomic E-state index is 0.349. The quantitative estimate of drug-likeness (QED) is 0.838. The van der Waals surface area contributed by atoms with Gasteiger partial charge in [-0.25, -0.2) is 0 Å². The first-order valence-electron chi connectivity index (χ1n) is 6.21. The number of pyridine rings is 1. The fraction of sp³-hybridized carbons (Fsp3) is 0.462. The second-order valence-corrected chi connectivity index (χ2v) is 4.31. The maximum atomic E-state index is 5.23. The molecule has 2 aromatic heterocycles. The van der Waals surface area contributed by atoms with Crippen LogP contribution < -0.4 is 5.32 Å². The molecule has 0 radical (unpaired) electrons. The molecule has 1 N–H and O–H groups in total. The Bertz CT molecular complexity index is 469. The normalized spacial score (nSPS) is 12.6. The summed E-state index contributed by atoms with van der Waals surface area (Å²) in [6.45, 7) is 5.13. The lowest BCUT2D eigenvalue weighted by Crippen LogP contribution is -2.27. The molecule has 18 heavy (non-hydrogen) atoms. The highest BCUT2D eigenvalue weighted by Gasteiger charge is 2.10. The Kier molecular flexibility index (Phi) is 4.41. The monoisotopic (exact) mass is 246 g/mol. The van der Waals surface area contributed by atoms with Crippen LogP contribution in [0, 0.1) is 0 Å². The van der Waals surface area contributed by atoms with E-state index >= 15 is 0 Å². The second-order valence-electron chi connectivity index (χ2n) is 4.31. The lowest BCUT2D eigenvalue weighted by Gasteiger charge is -2.07. The molecule has 0 spiro atoms. The van der Waals surface area contributed by atoms with Gasteiger partial charge in [0.15, 0.2) is 5.82 Å². The third-order valence-electron chi connectivity index (χ3n) is 2.63. The van der Waals surface area contributed by atoms with Gasteiger partial charge in [-0.3, -0.25) is 4.98 Å². The van der Waals surface area contributed by atoms with Crippen LogP contribution in [-0.2, 0) is 12.8 Å². The van der Waals surface area contributed by atoms with Crippen LogP contribution in [0.2, 0.25) is 0 Å². The number of rotatable bonds is 6. The first-order chi connectivity index (χ1) is 8.78. The summed E-state index contributed by atoms with van der Waals surface area (Å²) in [7, 11) is 0. The Morgan fingerprint density at radius 1 is 1.44 bits per heavy atom. The summed E-state index contributed by atoms with van der Waals surface area (Å²) in [6.07, 6.45) is 4.99. The fourth-order valence-corrected chi connectivity index (χ4v) is 1.81. The minimum absolute atomic E-state index is 0.349. The molecule has 0 bridgehead atoms. The van der Waals surface area contributed by atoms with E-state index < -0.39 is 0 Å². The van der Waals surface area contributed by atoms with E-state index in [2.05, 4.69) is 34.3 Å². The Balaban J connectivity index is 1.94. The van der Waals surface area contributed by atoms with Crippen LogP contribution in [0.1, 0.15) is 31.1 Å². The number of aromatic nitrogens is 3. The third-order valence-corrected chi connectivity index (χ3v) is 2.63. The molecule has 0 saturated heterocycles. The molecule has 0 aliphatic heterocycles. The van der Waals surface area contributed by atoms with E-state index in [9.17, 15) is 0 Å². The van der Waals surface area contributed by atoms with Gasteiger partial charge in [0.1, 0.15) is 0 Å². The predicted octanol–water partition coefficient (Wildman–Crippen LogP) is 1.60. The first-order valence-corrected chi connectivity index (χ1v) is 6.21. The van der Waals surface area contributed by atoms with Gasteiger partial charge in [-0.2, -0.15) is 4.98 Å². The predicted molar refractivity (Wildman–Crippen MR) is 68.2 cm³/mol. The molecule has 0 saturated carbocycles. The van der Waals surface area contributed by atoms with E-state index in [4.69, 9.17) is 4.52 Å². The van der Waals surface area contributed by atoms with Gasteiger partial charge in [0, 0.05) is 31.3 Å². The van der Waals surface area contributed by atoms with Gasteiger partial charge in [0.25, 0.3) is 0 Å². The molecule has 0 fully saturated rings. The largest absolute Gasteiger partial charge is 0.339 e. The summed E-state index contributed by atoms with van der Waals surface area (Å²) < 4.78 is 5.23. The van der Waals surface area contributed by atoms with Gasteiger partial charge < -0.3 is 9.84 Å². The van der Waals surface area contributed by atoms with Crippen LogP contribution in [0.3, 0.4) is 0 Å². The van der Waals surface area contributed by atoms with Crippen molar-refractivity contribution in [3.63, 3.8) is 0 Å². The van der Waals surface area contributed by atoms with Crippen molar-refractivity contribution >= 4 is 0 Å². The SMILES string of the molecule is CCNC(C)Cc1nc(Cc2cccnc2)no1. The van der Waals surface area contributed by atoms with Crippen LogP contribution in [0.15, 0.2) is 29.0 Å². The third kappa shape index (κ3) is 3.63. The molecule has 2 heterocycles. The highest BCUT2D eigenvalue weighted by Crippen LogP contribution is 2.06. The van der Waals surface area contributed by atoms with E-state index in [1.807, 2.05) is 18.3 Å². The fourth-order valence-electron chi connectivity index (χ4n) is 1.81. The molecule has 1 atom stereocenters. The molecule has 0 aliphatic carbocycles. The van der Waals surface area contributed by atoms with Crippen molar-refractivity contribution < 1.29 is 4.52 Å². The van der Waals surface area contributed by atoms with E-state index in [0.717, 1.165) is 18.5 Å². The van der Waals surface area contributed by atoms with Gasteiger partial charge in [-0.05, 0) is 25.1 Å². The average Bonchev–Trinajstić information content (AvgIpc) is 2.78. The van der Waals surface area contributed by atoms with Crippen LogP contribution in [0.4, 0.5) is 0 Å². The Hall–Kier alpha value is -1.75. The maximum absolute atomic E-state index is 5.23. The maximum Gasteiger partial charge on any atom is 0.228 e. The smallest absolute Gasteiger partial charge is 0.228 e. The van der Waals surface area contributed by atoms with Crippen molar-refractivity contribution in [3.8, 4) is 0 Å². The van der Waals surface area contributed by atoms with Crippen molar-refractivity contribution in [1.29, 1.82) is 0 Å². The molecule has 2 aromatic rings. The van der Waals surface area contributed by atoms with E-state index in [1.54, 1.807) is 6.20 Å². The number of hydrogen-bond acceptors (Lipinski definition) is 5. The van der Waals surface area contributed by atoms with Gasteiger partial charge in [-0.1, -0.05) is 18.1 Å². The minimum Gasteiger partial charge on any atom is -0.339 e. The summed E-state index contributed by atoms with van der Waals surface area (Å²) >= 11 is 0. The highest BCUT2D eigenvalue weighted by molar-refractivity contribution is 5.13. The van der Waals surface area contributed by atoms with E-state index in [-0.39, 0.29) is 0 Å². The summed E-state index contributed by atoms with van der Waals surface area (Å²) in [5.41, 5.74) is 1.09. The number of hydrogen-bond donors (Lipinski definition) is 1. The van der Waals surface area contributed by atoms with E-state index in [1.165, 1.54) is 0 Å². The van der Waals surface area contributed by atoms with Crippen LogP contribution in [0.5, 0.6) is 0 Å². The lowest BCUT2D eigenvalue weighted by molar-refractivity contribution is 0.359. The average molecular weight is 246 g/mol. The molecule has 5 heteroatoms. The molecule has 96 valence electrons. The molecular formula is C13H18N4O. The van der Waals surface area contributed by atoms with Crippen molar-refractivity contribution in [1.82, 2.24) is 20.4 Å². The molecule has 2 rings (SSSR count). The Morgan fingerprint density at radius 3 is 3.06 bits per heavy atom. The molecule has 0 aliphatic rings. The number of likely N-dealkylation sites (N-methyl/N-ethyl adjacent to an activating group) is 1.